The van der Waals surface area contributed by atoms with E-state index in [0.717, 1.165) is 25.9 Å². The minimum Gasteiger partial charge on any atom is -0.351 e. The second kappa shape index (κ2) is 6.75. The summed E-state index contributed by atoms with van der Waals surface area (Å²) in [7, 11) is 0. The van der Waals surface area contributed by atoms with Crippen LogP contribution in [0.25, 0.3) is 0 Å². The quantitative estimate of drug-likeness (QED) is 0.692. The highest BCUT2D eigenvalue weighted by atomic mass is 16.2. The van der Waals surface area contributed by atoms with Gasteiger partial charge in [0.05, 0.1) is 0 Å². The zero-order valence-electron chi connectivity index (χ0n) is 8.67. The van der Waals surface area contributed by atoms with E-state index in [-0.39, 0.29) is 6.03 Å². The smallest absolute Gasteiger partial charge is 0.314 e. The van der Waals surface area contributed by atoms with Crippen LogP contribution in [0, 0.1) is 0 Å². The number of aromatic nitrogens is 2. The Hall–Kier alpha value is -1.65. The van der Waals surface area contributed by atoms with E-state index in [4.69, 9.17) is 5.73 Å². The molecule has 1 aliphatic heterocycles. The van der Waals surface area contributed by atoms with Gasteiger partial charge in [-0.15, -0.1) is 0 Å². The first-order valence-corrected chi connectivity index (χ1v) is 5.05. The van der Waals surface area contributed by atoms with Gasteiger partial charge in [0.25, 0.3) is 0 Å². The van der Waals surface area contributed by atoms with E-state index >= 15 is 0 Å². The van der Waals surface area contributed by atoms with E-state index < -0.39 is 0 Å². The molecule has 1 aliphatic rings. The molecule has 15 heavy (non-hydrogen) atoms. The lowest BCUT2D eigenvalue weighted by Crippen LogP contribution is -2.39. The normalized spacial score (nSPS) is 15.1. The Labute approximate surface area is 89.3 Å². The van der Waals surface area contributed by atoms with Crippen molar-refractivity contribution in [1.29, 1.82) is 0 Å². The molecule has 1 saturated heterocycles. The fraction of sp³-hybridized carbons (Fsp3) is 0.500. The predicted octanol–water partition coefficient (Wildman–Crippen LogP) is 1.03. The second-order valence-electron chi connectivity index (χ2n) is 3.29. The van der Waals surface area contributed by atoms with Crippen molar-refractivity contribution in [1.82, 2.24) is 14.9 Å². The standard InChI is InChI=1S/C6H12N2O.C4H4N2/c7-6(9)8-4-2-1-3-5-8;1-2-5-4-6-3-1/h1-5H2,(H2,7,9);1-4H. The third-order valence-corrected chi connectivity index (χ3v) is 2.15. The van der Waals surface area contributed by atoms with Crippen molar-refractivity contribution in [3.8, 4) is 0 Å². The van der Waals surface area contributed by atoms with Gasteiger partial charge in [0, 0.05) is 25.5 Å². The Morgan fingerprint density at radius 2 is 1.73 bits per heavy atom. The maximum Gasteiger partial charge on any atom is 0.314 e. The maximum atomic E-state index is 10.5. The molecule has 0 unspecified atom stereocenters. The molecule has 1 fully saturated rings. The van der Waals surface area contributed by atoms with Crippen LogP contribution in [0.1, 0.15) is 19.3 Å². The summed E-state index contributed by atoms with van der Waals surface area (Å²) in [6.45, 7) is 1.71. The van der Waals surface area contributed by atoms with E-state index in [1.54, 1.807) is 23.4 Å². The minimum atomic E-state index is -0.269. The van der Waals surface area contributed by atoms with Gasteiger partial charge in [0.1, 0.15) is 6.33 Å². The van der Waals surface area contributed by atoms with Crippen molar-refractivity contribution >= 4 is 6.03 Å². The highest BCUT2D eigenvalue weighted by Crippen LogP contribution is 2.06. The first kappa shape index (κ1) is 11.4. The number of carbonyl (C=O) groups excluding carboxylic acids is 1. The van der Waals surface area contributed by atoms with Gasteiger partial charge in [0.2, 0.25) is 0 Å². The van der Waals surface area contributed by atoms with Crippen molar-refractivity contribution in [2.75, 3.05) is 13.1 Å². The summed E-state index contributed by atoms with van der Waals surface area (Å²) in [6.07, 6.45) is 8.34. The lowest BCUT2D eigenvalue weighted by Gasteiger charge is -2.24. The van der Waals surface area contributed by atoms with Gasteiger partial charge in [-0.1, -0.05) is 0 Å². The zero-order valence-corrected chi connectivity index (χ0v) is 8.67. The molecule has 2 N–H and O–H groups in total. The highest BCUT2D eigenvalue weighted by molar-refractivity contribution is 5.71. The predicted molar refractivity (Wildman–Crippen MR) is 57.0 cm³/mol. The number of hydrogen-bond donors (Lipinski definition) is 1. The van der Waals surface area contributed by atoms with E-state index in [0.29, 0.717) is 0 Å². The van der Waals surface area contributed by atoms with Crippen LogP contribution in [-0.4, -0.2) is 34.0 Å². The monoisotopic (exact) mass is 208 g/mol. The molecular formula is C10H16N4O. The van der Waals surface area contributed by atoms with Crippen LogP contribution < -0.4 is 5.73 Å². The molecule has 1 aromatic heterocycles. The molecule has 0 spiro atoms. The van der Waals surface area contributed by atoms with Gasteiger partial charge in [-0.05, 0) is 25.3 Å². The van der Waals surface area contributed by atoms with Crippen LogP contribution in [-0.2, 0) is 0 Å². The molecular weight excluding hydrogens is 192 g/mol. The molecule has 1 aromatic rings. The van der Waals surface area contributed by atoms with Crippen LogP contribution >= 0.6 is 0 Å². The minimum absolute atomic E-state index is 0.269. The molecule has 2 amide bonds. The Morgan fingerprint density at radius 3 is 2.00 bits per heavy atom. The molecule has 0 aromatic carbocycles. The summed E-state index contributed by atoms with van der Waals surface area (Å²) in [6, 6.07) is 1.51. The van der Waals surface area contributed by atoms with Crippen LogP contribution in [0.15, 0.2) is 24.8 Å². The molecule has 0 atom stereocenters. The van der Waals surface area contributed by atoms with Crippen molar-refractivity contribution in [2.24, 2.45) is 5.73 Å². The molecule has 2 heterocycles. The number of nitrogens with zero attached hydrogens (tertiary/aromatic N) is 3. The van der Waals surface area contributed by atoms with Crippen molar-refractivity contribution < 1.29 is 4.79 Å². The number of nitrogens with two attached hydrogens (primary N) is 1. The summed E-state index contributed by atoms with van der Waals surface area (Å²) in [5.41, 5.74) is 5.05. The Balaban J connectivity index is 0.000000162. The van der Waals surface area contributed by atoms with Gasteiger partial charge in [-0.25, -0.2) is 14.8 Å². The fourth-order valence-electron chi connectivity index (χ4n) is 1.37. The average molecular weight is 208 g/mol. The number of primary amides is 1. The Morgan fingerprint density at radius 1 is 1.13 bits per heavy atom. The number of hydrogen-bond acceptors (Lipinski definition) is 3. The summed E-state index contributed by atoms with van der Waals surface area (Å²) in [4.78, 5) is 19.5. The SMILES string of the molecule is NC(=O)N1CCCCC1.c1cncnc1. The van der Waals surface area contributed by atoms with Gasteiger partial charge in [-0.3, -0.25) is 0 Å². The number of likely N-dealkylation sites (tertiary alicyclic amines) is 1. The largest absolute Gasteiger partial charge is 0.351 e. The third kappa shape index (κ3) is 4.95. The molecule has 0 bridgehead atoms. The van der Waals surface area contributed by atoms with Crippen molar-refractivity contribution in [2.45, 2.75) is 19.3 Å². The van der Waals surface area contributed by atoms with Gasteiger partial charge in [-0.2, -0.15) is 0 Å². The highest BCUT2D eigenvalue weighted by Gasteiger charge is 2.11. The van der Waals surface area contributed by atoms with E-state index in [2.05, 4.69) is 9.97 Å². The van der Waals surface area contributed by atoms with E-state index in [9.17, 15) is 4.79 Å². The number of urea groups is 1. The maximum absolute atomic E-state index is 10.5. The van der Waals surface area contributed by atoms with Crippen LogP contribution in [0.3, 0.4) is 0 Å². The Kier molecular flexibility index (Phi) is 5.14. The third-order valence-electron chi connectivity index (χ3n) is 2.15. The first-order chi connectivity index (χ1) is 7.30. The number of rotatable bonds is 0. The molecule has 82 valence electrons. The lowest BCUT2D eigenvalue weighted by molar-refractivity contribution is 0.196. The van der Waals surface area contributed by atoms with Gasteiger partial charge < -0.3 is 10.6 Å². The number of amides is 2. The summed E-state index contributed by atoms with van der Waals surface area (Å²) in [5.74, 6) is 0. The van der Waals surface area contributed by atoms with Crippen molar-refractivity contribution in [3.05, 3.63) is 24.8 Å². The topological polar surface area (TPSA) is 72.1 Å². The Bertz CT molecular complexity index is 245. The van der Waals surface area contributed by atoms with E-state index in [1.165, 1.54) is 12.7 Å². The van der Waals surface area contributed by atoms with Gasteiger partial charge >= 0.3 is 6.03 Å². The van der Waals surface area contributed by atoms with E-state index in [1.807, 2.05) is 0 Å². The van der Waals surface area contributed by atoms with Crippen molar-refractivity contribution in [3.63, 3.8) is 0 Å². The molecule has 0 radical (unpaired) electrons. The molecule has 5 heteroatoms. The number of carbonyl (C=O) groups is 1. The number of piperidine rings is 1. The zero-order chi connectivity index (χ0) is 10.9. The average Bonchev–Trinajstić information content (AvgIpc) is 2.33. The molecule has 0 aliphatic carbocycles. The van der Waals surface area contributed by atoms with Crippen LogP contribution in [0.4, 0.5) is 4.79 Å². The molecule has 0 saturated carbocycles. The fourth-order valence-corrected chi connectivity index (χ4v) is 1.37. The summed E-state index contributed by atoms with van der Waals surface area (Å²) < 4.78 is 0. The first-order valence-electron chi connectivity index (χ1n) is 5.05. The van der Waals surface area contributed by atoms with Crippen LogP contribution in [0.2, 0.25) is 0 Å². The van der Waals surface area contributed by atoms with Gasteiger partial charge in [0.15, 0.2) is 0 Å². The van der Waals surface area contributed by atoms with Crippen LogP contribution in [0.5, 0.6) is 0 Å². The lowest BCUT2D eigenvalue weighted by atomic mass is 10.1. The molecule has 2 rings (SSSR count). The molecule has 5 nitrogen and oxygen atoms in total. The summed E-state index contributed by atoms with van der Waals surface area (Å²) in [5, 5.41) is 0. The summed E-state index contributed by atoms with van der Waals surface area (Å²) >= 11 is 0. The second-order valence-corrected chi connectivity index (χ2v) is 3.29.